The lowest BCUT2D eigenvalue weighted by atomic mass is 9.93. The molecule has 1 N–H and O–H groups in total. The number of rotatable bonds is 5. The second-order valence-corrected chi connectivity index (χ2v) is 5.97. The molecule has 0 radical (unpaired) electrons. The van der Waals surface area contributed by atoms with Crippen LogP contribution in [0.3, 0.4) is 0 Å². The lowest BCUT2D eigenvalue weighted by Gasteiger charge is -2.29. The standard InChI is InChI=1S/C14H20ClN3/c1-14(2,10-18(3)4)9-17-13-6-5-11(8-16)7-12(13)15/h5-7,17H,9-10H2,1-4H3. The summed E-state index contributed by atoms with van der Waals surface area (Å²) < 4.78 is 0. The van der Waals surface area contributed by atoms with Crippen LogP contribution in [0.4, 0.5) is 5.69 Å². The van der Waals surface area contributed by atoms with Crippen LogP contribution in [0.25, 0.3) is 0 Å². The molecule has 0 aliphatic rings. The molecule has 0 spiro atoms. The Morgan fingerprint density at radius 2 is 2.06 bits per heavy atom. The van der Waals surface area contributed by atoms with E-state index in [4.69, 9.17) is 16.9 Å². The van der Waals surface area contributed by atoms with E-state index in [1.165, 1.54) is 0 Å². The number of hydrogen-bond acceptors (Lipinski definition) is 3. The molecule has 0 saturated carbocycles. The molecule has 98 valence electrons. The molecular weight excluding hydrogens is 246 g/mol. The van der Waals surface area contributed by atoms with E-state index in [9.17, 15) is 0 Å². The Hall–Kier alpha value is -1.24. The van der Waals surface area contributed by atoms with Crippen molar-refractivity contribution in [2.75, 3.05) is 32.5 Å². The number of nitrogens with zero attached hydrogens (tertiary/aromatic N) is 2. The molecule has 4 heteroatoms. The van der Waals surface area contributed by atoms with Gasteiger partial charge in [0.15, 0.2) is 0 Å². The van der Waals surface area contributed by atoms with Crippen molar-refractivity contribution in [1.82, 2.24) is 4.90 Å². The molecule has 0 aliphatic heterocycles. The molecule has 3 nitrogen and oxygen atoms in total. The van der Waals surface area contributed by atoms with Crippen molar-refractivity contribution in [3.8, 4) is 6.07 Å². The first-order chi connectivity index (χ1) is 8.34. The van der Waals surface area contributed by atoms with Crippen molar-refractivity contribution in [1.29, 1.82) is 5.26 Å². The van der Waals surface area contributed by atoms with Crippen LogP contribution < -0.4 is 5.32 Å². The minimum Gasteiger partial charge on any atom is -0.383 e. The Morgan fingerprint density at radius 1 is 1.39 bits per heavy atom. The summed E-state index contributed by atoms with van der Waals surface area (Å²) in [4.78, 5) is 2.17. The normalized spacial score (nSPS) is 11.4. The summed E-state index contributed by atoms with van der Waals surface area (Å²) in [5.41, 5.74) is 1.61. The molecule has 0 bridgehead atoms. The third-order valence-electron chi connectivity index (χ3n) is 2.60. The van der Waals surface area contributed by atoms with E-state index in [0.29, 0.717) is 10.6 Å². The van der Waals surface area contributed by atoms with Crippen LogP contribution in [0.5, 0.6) is 0 Å². The number of benzene rings is 1. The molecule has 0 amide bonds. The molecule has 0 aromatic heterocycles. The summed E-state index contributed by atoms with van der Waals surface area (Å²) in [6.45, 7) is 6.24. The summed E-state index contributed by atoms with van der Waals surface area (Å²) in [6.07, 6.45) is 0. The van der Waals surface area contributed by atoms with E-state index >= 15 is 0 Å². The van der Waals surface area contributed by atoms with Gasteiger partial charge in [-0.3, -0.25) is 0 Å². The number of halogens is 1. The second kappa shape index (κ2) is 6.08. The topological polar surface area (TPSA) is 39.1 Å². The Balaban J connectivity index is 2.67. The van der Waals surface area contributed by atoms with E-state index in [-0.39, 0.29) is 5.41 Å². The molecule has 1 aromatic rings. The molecule has 1 aromatic carbocycles. The molecule has 0 aliphatic carbocycles. The summed E-state index contributed by atoms with van der Waals surface area (Å²) in [5.74, 6) is 0. The van der Waals surface area contributed by atoms with Gasteiger partial charge in [-0.1, -0.05) is 25.4 Å². The van der Waals surface area contributed by atoms with E-state index in [0.717, 1.165) is 18.8 Å². The van der Waals surface area contributed by atoms with Gasteiger partial charge in [-0.25, -0.2) is 0 Å². The Bertz CT molecular complexity index is 447. The summed E-state index contributed by atoms with van der Waals surface area (Å²) in [7, 11) is 4.13. The van der Waals surface area contributed by atoms with Crippen LogP contribution in [-0.4, -0.2) is 32.1 Å². The minimum atomic E-state index is 0.154. The quantitative estimate of drug-likeness (QED) is 0.889. The largest absolute Gasteiger partial charge is 0.383 e. The van der Waals surface area contributed by atoms with Crippen LogP contribution in [0.1, 0.15) is 19.4 Å². The van der Waals surface area contributed by atoms with Gasteiger partial charge in [0.05, 0.1) is 22.3 Å². The van der Waals surface area contributed by atoms with Gasteiger partial charge in [0.25, 0.3) is 0 Å². The van der Waals surface area contributed by atoms with Crippen LogP contribution in [0, 0.1) is 16.7 Å². The Labute approximate surface area is 114 Å². The lowest BCUT2D eigenvalue weighted by Crippen LogP contribution is -2.34. The van der Waals surface area contributed by atoms with Crippen LogP contribution in [0.2, 0.25) is 5.02 Å². The third-order valence-corrected chi connectivity index (χ3v) is 2.91. The van der Waals surface area contributed by atoms with E-state index < -0.39 is 0 Å². The predicted octanol–water partition coefficient (Wildman–Crippen LogP) is 3.21. The summed E-state index contributed by atoms with van der Waals surface area (Å²) in [5, 5.41) is 12.7. The Kier molecular flexibility index (Phi) is 5.01. The number of nitrogens with one attached hydrogen (secondary N) is 1. The van der Waals surface area contributed by atoms with Crippen LogP contribution in [-0.2, 0) is 0 Å². The lowest BCUT2D eigenvalue weighted by molar-refractivity contribution is 0.254. The average molecular weight is 266 g/mol. The van der Waals surface area contributed by atoms with Gasteiger partial charge in [0.1, 0.15) is 0 Å². The number of anilines is 1. The van der Waals surface area contributed by atoms with Crippen molar-refractivity contribution >= 4 is 17.3 Å². The number of hydrogen-bond donors (Lipinski definition) is 1. The van der Waals surface area contributed by atoms with Gasteiger partial charge in [-0.05, 0) is 37.7 Å². The predicted molar refractivity (Wildman–Crippen MR) is 77.0 cm³/mol. The highest BCUT2D eigenvalue weighted by Crippen LogP contribution is 2.25. The van der Waals surface area contributed by atoms with Gasteiger partial charge in [-0.15, -0.1) is 0 Å². The van der Waals surface area contributed by atoms with E-state index in [1.54, 1.807) is 12.1 Å². The molecule has 0 saturated heterocycles. The fourth-order valence-electron chi connectivity index (χ4n) is 1.97. The monoisotopic (exact) mass is 265 g/mol. The summed E-state index contributed by atoms with van der Waals surface area (Å²) in [6, 6.07) is 7.38. The maximum absolute atomic E-state index is 8.78. The first kappa shape index (κ1) is 14.8. The second-order valence-electron chi connectivity index (χ2n) is 5.56. The van der Waals surface area contributed by atoms with Crippen LogP contribution >= 0.6 is 11.6 Å². The average Bonchev–Trinajstić information content (AvgIpc) is 2.25. The zero-order valence-electron chi connectivity index (χ0n) is 11.4. The molecule has 0 fully saturated rings. The highest BCUT2D eigenvalue weighted by atomic mass is 35.5. The highest BCUT2D eigenvalue weighted by molar-refractivity contribution is 6.33. The van der Waals surface area contributed by atoms with E-state index in [1.807, 2.05) is 6.07 Å². The van der Waals surface area contributed by atoms with Crippen LogP contribution in [0.15, 0.2) is 18.2 Å². The fraction of sp³-hybridized carbons (Fsp3) is 0.500. The van der Waals surface area contributed by atoms with Crippen molar-refractivity contribution < 1.29 is 0 Å². The van der Waals surface area contributed by atoms with Crippen molar-refractivity contribution in [2.24, 2.45) is 5.41 Å². The van der Waals surface area contributed by atoms with E-state index in [2.05, 4.69) is 44.2 Å². The SMILES string of the molecule is CN(C)CC(C)(C)CNc1ccc(C#N)cc1Cl. The van der Waals surface area contributed by atoms with Gasteiger partial charge in [0.2, 0.25) is 0 Å². The van der Waals surface area contributed by atoms with Gasteiger partial charge in [0, 0.05) is 13.1 Å². The molecule has 18 heavy (non-hydrogen) atoms. The third kappa shape index (κ3) is 4.56. The fourth-order valence-corrected chi connectivity index (χ4v) is 2.22. The summed E-state index contributed by atoms with van der Waals surface area (Å²) >= 11 is 6.12. The first-order valence-corrected chi connectivity index (χ1v) is 6.30. The molecule has 0 heterocycles. The highest BCUT2D eigenvalue weighted by Gasteiger charge is 2.18. The Morgan fingerprint density at radius 3 is 2.56 bits per heavy atom. The van der Waals surface area contributed by atoms with Gasteiger partial charge in [-0.2, -0.15) is 5.26 Å². The molecule has 0 unspecified atom stereocenters. The van der Waals surface area contributed by atoms with Crippen molar-refractivity contribution in [3.05, 3.63) is 28.8 Å². The first-order valence-electron chi connectivity index (χ1n) is 5.92. The maximum Gasteiger partial charge on any atom is 0.0992 e. The van der Waals surface area contributed by atoms with Gasteiger partial charge < -0.3 is 10.2 Å². The smallest absolute Gasteiger partial charge is 0.0992 e. The maximum atomic E-state index is 8.78. The van der Waals surface area contributed by atoms with Crippen molar-refractivity contribution in [2.45, 2.75) is 13.8 Å². The zero-order chi connectivity index (χ0) is 13.8. The zero-order valence-corrected chi connectivity index (χ0v) is 12.2. The molecular formula is C14H20ClN3. The van der Waals surface area contributed by atoms with Crippen molar-refractivity contribution in [3.63, 3.8) is 0 Å². The number of nitriles is 1. The molecule has 1 rings (SSSR count). The molecule has 0 atom stereocenters. The van der Waals surface area contributed by atoms with Gasteiger partial charge >= 0.3 is 0 Å². The minimum absolute atomic E-state index is 0.154.